The van der Waals surface area contributed by atoms with Crippen molar-refractivity contribution in [2.75, 3.05) is 27.1 Å². The molecule has 0 aliphatic carbocycles. The van der Waals surface area contributed by atoms with Gasteiger partial charge in [0.15, 0.2) is 11.3 Å². The average molecular weight is 689 g/mol. The summed E-state index contributed by atoms with van der Waals surface area (Å²) in [5.74, 6) is -2.67. The van der Waals surface area contributed by atoms with Crippen LogP contribution in [0.5, 0.6) is 5.75 Å². The second kappa shape index (κ2) is 15.2. The summed E-state index contributed by atoms with van der Waals surface area (Å²) in [7, 11) is 1.47. The molecule has 1 fully saturated rings. The van der Waals surface area contributed by atoms with Gasteiger partial charge in [-0.05, 0) is 38.2 Å². The Morgan fingerprint density at radius 3 is 2.67 bits per heavy atom. The number of carbonyl (C=O) groups is 3. The Bertz CT molecular complexity index is 1660. The zero-order chi connectivity index (χ0) is 35.3. The molecule has 0 saturated carbocycles. The van der Waals surface area contributed by atoms with E-state index in [1.54, 1.807) is 4.90 Å². The van der Waals surface area contributed by atoms with Crippen LogP contribution < -0.4 is 15.5 Å². The van der Waals surface area contributed by atoms with Crippen LogP contribution in [0.2, 0.25) is 0 Å². The molecular formula is C34H42F2N4O9. The van der Waals surface area contributed by atoms with Gasteiger partial charge in [-0.25, -0.2) is 13.6 Å². The molecule has 266 valence electrons. The lowest BCUT2D eigenvalue weighted by Gasteiger charge is -2.42. The molecule has 1 aromatic heterocycles. The number of oxime groups is 1. The van der Waals surface area contributed by atoms with Crippen molar-refractivity contribution in [3.63, 3.8) is 0 Å². The lowest BCUT2D eigenvalue weighted by molar-refractivity contribution is -0.0658. The van der Waals surface area contributed by atoms with Crippen LogP contribution in [0.1, 0.15) is 98.2 Å². The van der Waals surface area contributed by atoms with E-state index in [0.717, 1.165) is 25.3 Å². The van der Waals surface area contributed by atoms with Crippen LogP contribution >= 0.6 is 0 Å². The molecular weight excluding hydrogens is 646 g/mol. The van der Waals surface area contributed by atoms with Gasteiger partial charge in [-0.15, -0.1) is 0 Å². The van der Waals surface area contributed by atoms with Gasteiger partial charge < -0.3 is 38.6 Å². The minimum Gasteiger partial charge on any atom is -0.482 e. The van der Waals surface area contributed by atoms with E-state index >= 15 is 0 Å². The van der Waals surface area contributed by atoms with E-state index in [9.17, 15) is 28.0 Å². The number of methoxy groups -OCH3 is 1. The summed E-state index contributed by atoms with van der Waals surface area (Å²) in [5, 5.41) is 6.59. The summed E-state index contributed by atoms with van der Waals surface area (Å²) in [5.41, 5.74) is -2.54. The molecule has 15 heteroatoms. The van der Waals surface area contributed by atoms with Crippen molar-refractivity contribution >= 4 is 23.9 Å². The largest absolute Gasteiger partial charge is 0.511 e. The number of halogens is 2. The van der Waals surface area contributed by atoms with Crippen LogP contribution in [0, 0.1) is 17.6 Å². The minimum absolute atomic E-state index is 0.0118. The van der Waals surface area contributed by atoms with Crippen molar-refractivity contribution in [3.05, 3.63) is 63.1 Å². The topological polar surface area (TPSA) is 147 Å². The van der Waals surface area contributed by atoms with Crippen molar-refractivity contribution in [1.82, 2.24) is 14.8 Å². The Labute approximate surface area is 282 Å². The monoisotopic (exact) mass is 688 g/mol. The highest BCUT2D eigenvalue weighted by atomic mass is 19.1. The van der Waals surface area contributed by atoms with Gasteiger partial charge in [-0.1, -0.05) is 44.3 Å². The van der Waals surface area contributed by atoms with Crippen LogP contribution in [0.15, 0.2) is 34.3 Å². The van der Waals surface area contributed by atoms with Crippen molar-refractivity contribution in [3.8, 4) is 5.75 Å². The Hall–Kier alpha value is -4.69. The molecule has 49 heavy (non-hydrogen) atoms. The molecule has 3 aliphatic heterocycles. The number of unbranched alkanes of at least 4 members (excludes halogenated alkanes) is 2. The van der Waals surface area contributed by atoms with Crippen LogP contribution in [0.25, 0.3) is 0 Å². The van der Waals surface area contributed by atoms with Gasteiger partial charge in [-0.3, -0.25) is 14.4 Å². The summed E-state index contributed by atoms with van der Waals surface area (Å²) >= 11 is 0. The number of nitrogens with one attached hydrogen (secondary N) is 1. The first kappa shape index (κ1) is 35.6. The molecule has 3 aliphatic rings. The number of pyridine rings is 1. The van der Waals surface area contributed by atoms with Crippen molar-refractivity contribution in [1.29, 1.82) is 0 Å². The van der Waals surface area contributed by atoms with Gasteiger partial charge in [0.1, 0.15) is 17.2 Å². The number of fused-ring (bicyclic) bond motifs is 5. The first-order valence-corrected chi connectivity index (χ1v) is 16.5. The van der Waals surface area contributed by atoms with Gasteiger partial charge in [0.05, 0.1) is 26.2 Å². The SMILES string of the molecule is COC1=NO[C@@]2(CC[C@H](C)N3C[C@H]2n2cc(C(=O)NCc4ccc(F)cc4F)c(=O)c(OCOC(=O)OCCCCCC(C)C)c2C3=O)C1. The maximum atomic E-state index is 14.3. The normalized spacial score (nSPS) is 21.1. The molecule has 1 spiro atoms. The van der Waals surface area contributed by atoms with E-state index in [4.69, 9.17) is 23.8 Å². The summed E-state index contributed by atoms with van der Waals surface area (Å²) in [6, 6.07) is 2.01. The predicted octanol–water partition coefficient (Wildman–Crippen LogP) is 5.06. The van der Waals surface area contributed by atoms with E-state index in [-0.39, 0.29) is 43.4 Å². The Morgan fingerprint density at radius 1 is 1.16 bits per heavy atom. The third-order valence-electron chi connectivity index (χ3n) is 9.23. The standard InChI is InChI=1S/C34H42F2N4O9/c1-20(2)8-6-5-7-13-46-33(44)48-19-47-30-28-32(43)39-18-26(34(12-11-21(39)3)15-27(45-4)38-49-34)40(28)17-24(29(30)41)31(42)37-16-22-9-10-23(35)14-25(22)36/h9-10,14,17,20-21,26H,5-8,11-13,15-16,18-19H2,1-4H3,(H,37,42)/t21-,26+,34-/m0/s1. The van der Waals surface area contributed by atoms with Crippen LogP contribution in [-0.4, -0.2) is 72.0 Å². The fourth-order valence-electron chi connectivity index (χ4n) is 6.41. The minimum atomic E-state index is -1.02. The first-order chi connectivity index (χ1) is 23.4. The molecule has 1 saturated heterocycles. The highest BCUT2D eigenvalue weighted by Crippen LogP contribution is 2.46. The smallest absolute Gasteiger partial charge is 0.482 e. The Balaban J connectivity index is 1.43. The Kier molecular flexibility index (Phi) is 11.1. The van der Waals surface area contributed by atoms with E-state index in [0.29, 0.717) is 37.1 Å². The third kappa shape index (κ3) is 7.81. The molecule has 0 radical (unpaired) electrons. The van der Waals surface area contributed by atoms with Gasteiger partial charge in [0.2, 0.25) is 23.9 Å². The van der Waals surface area contributed by atoms with Crippen molar-refractivity contribution < 1.29 is 46.9 Å². The van der Waals surface area contributed by atoms with Crippen LogP contribution in [0.4, 0.5) is 13.6 Å². The van der Waals surface area contributed by atoms with Crippen molar-refractivity contribution in [2.45, 2.75) is 89.9 Å². The van der Waals surface area contributed by atoms with E-state index < -0.39 is 64.8 Å². The van der Waals surface area contributed by atoms with Gasteiger partial charge >= 0.3 is 6.16 Å². The van der Waals surface area contributed by atoms with Crippen LogP contribution in [-0.2, 0) is 25.6 Å². The van der Waals surface area contributed by atoms with Gasteiger partial charge in [-0.2, -0.15) is 0 Å². The van der Waals surface area contributed by atoms with Gasteiger partial charge in [0, 0.05) is 37.0 Å². The summed E-state index contributed by atoms with van der Waals surface area (Å²) < 4.78 is 50.5. The number of ether oxygens (including phenoxy) is 4. The molecule has 0 unspecified atom stereocenters. The third-order valence-corrected chi connectivity index (χ3v) is 9.23. The second-order valence-corrected chi connectivity index (χ2v) is 13.0. The molecule has 3 atom stereocenters. The number of amides is 2. The molecule has 1 aromatic carbocycles. The number of benzene rings is 1. The molecule has 5 rings (SSSR count). The fraction of sp³-hybridized carbons (Fsp3) is 0.559. The van der Waals surface area contributed by atoms with E-state index in [2.05, 4.69) is 24.3 Å². The first-order valence-electron chi connectivity index (χ1n) is 16.5. The number of nitrogens with zero attached hydrogens (tertiary/aromatic N) is 3. The molecule has 13 nitrogen and oxygen atoms in total. The molecule has 2 bridgehead atoms. The zero-order valence-corrected chi connectivity index (χ0v) is 28.1. The van der Waals surface area contributed by atoms with E-state index in [1.165, 1.54) is 23.9 Å². The quantitative estimate of drug-likeness (QED) is 0.184. The highest BCUT2D eigenvalue weighted by molar-refractivity contribution is 5.99. The summed E-state index contributed by atoms with van der Waals surface area (Å²) in [4.78, 5) is 61.3. The highest BCUT2D eigenvalue weighted by Gasteiger charge is 2.55. The lowest BCUT2D eigenvalue weighted by Crippen LogP contribution is -2.52. The predicted molar refractivity (Wildman–Crippen MR) is 171 cm³/mol. The number of carbonyl (C=O) groups excluding carboxylic acids is 3. The molecule has 4 heterocycles. The number of hydrogen-bond acceptors (Lipinski definition) is 10. The molecule has 1 N–H and O–H groups in total. The number of rotatable bonds is 12. The number of hydrogen-bond donors (Lipinski definition) is 1. The lowest BCUT2D eigenvalue weighted by atomic mass is 9.85. The van der Waals surface area contributed by atoms with Crippen molar-refractivity contribution in [2.24, 2.45) is 11.1 Å². The van der Waals surface area contributed by atoms with E-state index in [1.807, 2.05) is 6.92 Å². The fourth-order valence-corrected chi connectivity index (χ4v) is 6.41. The average Bonchev–Trinajstić information content (AvgIpc) is 3.44. The maximum Gasteiger partial charge on any atom is 0.511 e. The second-order valence-electron chi connectivity index (χ2n) is 13.0. The summed E-state index contributed by atoms with van der Waals surface area (Å²) in [6.07, 6.45) is 5.13. The maximum absolute atomic E-state index is 14.3. The van der Waals surface area contributed by atoms with Gasteiger partial charge in [0.25, 0.3) is 11.8 Å². The molecule has 2 amide bonds. The molecule has 2 aromatic rings. The summed E-state index contributed by atoms with van der Waals surface area (Å²) in [6.45, 7) is 5.32. The Morgan fingerprint density at radius 2 is 1.96 bits per heavy atom. The number of aromatic nitrogens is 1. The zero-order valence-electron chi connectivity index (χ0n) is 28.1. The van der Waals surface area contributed by atoms with Crippen LogP contribution in [0.3, 0.4) is 0 Å².